The SMILES string of the molecule is Cc1cncc(COC(=O)Cc2ccccc2N)c1. The first-order chi connectivity index (χ1) is 9.15. The van der Waals surface area contributed by atoms with Crippen LogP contribution in [-0.4, -0.2) is 11.0 Å². The summed E-state index contributed by atoms with van der Waals surface area (Å²) in [6, 6.07) is 9.22. The van der Waals surface area contributed by atoms with Crippen LogP contribution in [0.15, 0.2) is 42.7 Å². The minimum absolute atomic E-state index is 0.186. The number of carbonyl (C=O) groups is 1. The second-order valence-electron chi connectivity index (χ2n) is 4.41. The molecule has 0 amide bonds. The maximum atomic E-state index is 11.7. The van der Waals surface area contributed by atoms with Crippen LogP contribution in [0.2, 0.25) is 0 Å². The summed E-state index contributed by atoms with van der Waals surface area (Å²) in [6.45, 7) is 2.18. The predicted molar refractivity (Wildman–Crippen MR) is 73.3 cm³/mol. The lowest BCUT2D eigenvalue weighted by Crippen LogP contribution is -2.09. The zero-order chi connectivity index (χ0) is 13.7. The van der Waals surface area contributed by atoms with Crippen LogP contribution < -0.4 is 5.73 Å². The molecular weight excluding hydrogens is 240 g/mol. The number of esters is 1. The fraction of sp³-hybridized carbons (Fsp3) is 0.200. The molecule has 1 heterocycles. The zero-order valence-corrected chi connectivity index (χ0v) is 10.8. The molecule has 98 valence electrons. The van der Waals surface area contributed by atoms with Crippen molar-refractivity contribution in [2.45, 2.75) is 20.0 Å². The average molecular weight is 256 g/mol. The van der Waals surface area contributed by atoms with Crippen LogP contribution >= 0.6 is 0 Å². The van der Waals surface area contributed by atoms with Crippen LogP contribution in [0.4, 0.5) is 5.69 Å². The molecule has 0 unspecified atom stereocenters. The number of carbonyl (C=O) groups excluding carboxylic acids is 1. The van der Waals surface area contributed by atoms with E-state index in [1.807, 2.05) is 31.2 Å². The Hall–Kier alpha value is -2.36. The van der Waals surface area contributed by atoms with E-state index < -0.39 is 0 Å². The predicted octanol–water partition coefficient (Wildman–Crippen LogP) is 2.26. The van der Waals surface area contributed by atoms with E-state index >= 15 is 0 Å². The third-order valence-electron chi connectivity index (χ3n) is 2.72. The van der Waals surface area contributed by atoms with Crippen molar-refractivity contribution in [1.29, 1.82) is 0 Å². The van der Waals surface area contributed by atoms with Crippen LogP contribution in [-0.2, 0) is 22.6 Å². The molecule has 0 saturated carbocycles. The Morgan fingerprint density at radius 2 is 2.11 bits per heavy atom. The molecule has 19 heavy (non-hydrogen) atoms. The first kappa shape index (κ1) is 13.1. The van der Waals surface area contributed by atoms with Gasteiger partial charge < -0.3 is 10.5 Å². The van der Waals surface area contributed by atoms with Crippen LogP contribution in [0, 0.1) is 6.92 Å². The van der Waals surface area contributed by atoms with Gasteiger partial charge in [0.15, 0.2) is 0 Å². The van der Waals surface area contributed by atoms with Crippen LogP contribution in [0.3, 0.4) is 0 Å². The highest BCUT2D eigenvalue weighted by Crippen LogP contribution is 2.12. The van der Waals surface area contributed by atoms with Crippen molar-refractivity contribution in [3.63, 3.8) is 0 Å². The summed E-state index contributed by atoms with van der Waals surface area (Å²) < 4.78 is 5.21. The molecule has 2 aromatic rings. The van der Waals surface area contributed by atoms with Crippen molar-refractivity contribution in [1.82, 2.24) is 4.98 Å². The smallest absolute Gasteiger partial charge is 0.310 e. The second-order valence-corrected chi connectivity index (χ2v) is 4.41. The van der Waals surface area contributed by atoms with Gasteiger partial charge in [-0.1, -0.05) is 18.2 Å². The van der Waals surface area contributed by atoms with Crippen molar-refractivity contribution in [3.8, 4) is 0 Å². The van der Waals surface area contributed by atoms with Crippen molar-refractivity contribution >= 4 is 11.7 Å². The topological polar surface area (TPSA) is 65.2 Å². The van der Waals surface area contributed by atoms with E-state index in [0.29, 0.717) is 5.69 Å². The summed E-state index contributed by atoms with van der Waals surface area (Å²) in [5, 5.41) is 0. The summed E-state index contributed by atoms with van der Waals surface area (Å²) in [5.41, 5.74) is 9.10. The number of aromatic nitrogens is 1. The zero-order valence-electron chi connectivity index (χ0n) is 10.8. The van der Waals surface area contributed by atoms with E-state index in [1.165, 1.54) is 0 Å². The largest absolute Gasteiger partial charge is 0.460 e. The van der Waals surface area contributed by atoms with E-state index in [-0.39, 0.29) is 19.0 Å². The third kappa shape index (κ3) is 3.81. The minimum Gasteiger partial charge on any atom is -0.460 e. The fourth-order valence-corrected chi connectivity index (χ4v) is 1.76. The molecule has 1 aromatic heterocycles. The van der Waals surface area contributed by atoms with Gasteiger partial charge >= 0.3 is 5.97 Å². The van der Waals surface area contributed by atoms with Gasteiger partial charge in [-0.05, 0) is 30.2 Å². The molecule has 4 heteroatoms. The number of anilines is 1. The van der Waals surface area contributed by atoms with E-state index in [2.05, 4.69) is 4.98 Å². The Bertz CT molecular complexity index is 582. The number of rotatable bonds is 4. The molecule has 0 aliphatic carbocycles. The van der Waals surface area contributed by atoms with E-state index in [9.17, 15) is 4.79 Å². The average Bonchev–Trinajstić information content (AvgIpc) is 2.39. The monoisotopic (exact) mass is 256 g/mol. The number of aryl methyl sites for hydroxylation is 1. The molecule has 2 N–H and O–H groups in total. The van der Waals surface area contributed by atoms with Gasteiger partial charge in [0.1, 0.15) is 6.61 Å². The lowest BCUT2D eigenvalue weighted by atomic mass is 10.1. The van der Waals surface area contributed by atoms with E-state index in [0.717, 1.165) is 16.7 Å². The molecule has 0 fully saturated rings. The van der Waals surface area contributed by atoms with Crippen molar-refractivity contribution < 1.29 is 9.53 Å². The summed E-state index contributed by atoms with van der Waals surface area (Å²) in [4.78, 5) is 15.8. The molecule has 0 atom stereocenters. The van der Waals surface area contributed by atoms with Gasteiger partial charge in [0.2, 0.25) is 0 Å². The summed E-state index contributed by atoms with van der Waals surface area (Å²) in [7, 11) is 0. The number of ether oxygens (including phenoxy) is 1. The molecule has 0 aliphatic heterocycles. The number of nitrogen functional groups attached to an aromatic ring is 1. The number of nitrogens with two attached hydrogens (primary N) is 1. The number of para-hydroxylation sites is 1. The lowest BCUT2D eigenvalue weighted by Gasteiger charge is -2.07. The van der Waals surface area contributed by atoms with Crippen LogP contribution in [0.25, 0.3) is 0 Å². The molecule has 2 rings (SSSR count). The maximum absolute atomic E-state index is 11.7. The number of nitrogens with zero attached hydrogens (tertiary/aromatic N) is 1. The lowest BCUT2D eigenvalue weighted by molar-refractivity contribution is -0.144. The number of hydrogen-bond acceptors (Lipinski definition) is 4. The Morgan fingerprint density at radius 1 is 1.32 bits per heavy atom. The van der Waals surface area contributed by atoms with Crippen molar-refractivity contribution in [2.24, 2.45) is 0 Å². The number of pyridine rings is 1. The maximum Gasteiger partial charge on any atom is 0.310 e. The summed E-state index contributed by atoms with van der Waals surface area (Å²) in [5.74, 6) is -0.292. The molecule has 0 bridgehead atoms. The Morgan fingerprint density at radius 3 is 2.84 bits per heavy atom. The molecule has 0 spiro atoms. The highest BCUT2D eigenvalue weighted by molar-refractivity contribution is 5.74. The molecular formula is C15H16N2O2. The summed E-state index contributed by atoms with van der Waals surface area (Å²) in [6.07, 6.45) is 3.64. The van der Waals surface area contributed by atoms with E-state index in [1.54, 1.807) is 18.5 Å². The first-order valence-electron chi connectivity index (χ1n) is 6.04. The normalized spacial score (nSPS) is 10.2. The van der Waals surface area contributed by atoms with Crippen molar-refractivity contribution in [2.75, 3.05) is 5.73 Å². The molecule has 0 aliphatic rings. The van der Waals surface area contributed by atoms with Crippen molar-refractivity contribution in [3.05, 3.63) is 59.4 Å². The first-order valence-corrected chi connectivity index (χ1v) is 6.04. The van der Waals surface area contributed by atoms with Gasteiger partial charge in [0, 0.05) is 23.6 Å². The highest BCUT2D eigenvalue weighted by Gasteiger charge is 2.07. The molecule has 4 nitrogen and oxygen atoms in total. The number of benzene rings is 1. The quantitative estimate of drug-likeness (QED) is 0.673. The van der Waals surface area contributed by atoms with Gasteiger partial charge in [-0.2, -0.15) is 0 Å². The molecule has 1 aromatic carbocycles. The molecule has 0 radical (unpaired) electrons. The van der Waals surface area contributed by atoms with Gasteiger partial charge in [-0.15, -0.1) is 0 Å². The van der Waals surface area contributed by atoms with Gasteiger partial charge in [0.05, 0.1) is 6.42 Å². The van der Waals surface area contributed by atoms with E-state index in [4.69, 9.17) is 10.5 Å². The second kappa shape index (κ2) is 6.00. The number of hydrogen-bond donors (Lipinski definition) is 1. The Balaban J connectivity index is 1.90. The van der Waals surface area contributed by atoms with Crippen LogP contribution in [0.1, 0.15) is 16.7 Å². The van der Waals surface area contributed by atoms with Gasteiger partial charge in [-0.3, -0.25) is 9.78 Å². The van der Waals surface area contributed by atoms with Gasteiger partial charge in [0.25, 0.3) is 0 Å². The highest BCUT2D eigenvalue weighted by atomic mass is 16.5. The Labute approximate surface area is 112 Å². The third-order valence-corrected chi connectivity index (χ3v) is 2.72. The Kier molecular flexibility index (Phi) is 4.13. The summed E-state index contributed by atoms with van der Waals surface area (Å²) >= 11 is 0. The standard InChI is InChI=1S/C15H16N2O2/c1-11-6-12(9-17-8-11)10-19-15(18)7-13-4-2-3-5-14(13)16/h2-6,8-9H,7,10,16H2,1H3. The molecule has 0 saturated heterocycles. The van der Waals surface area contributed by atoms with Crippen LogP contribution in [0.5, 0.6) is 0 Å². The minimum atomic E-state index is -0.292. The van der Waals surface area contributed by atoms with Gasteiger partial charge in [-0.25, -0.2) is 0 Å². The fourth-order valence-electron chi connectivity index (χ4n) is 1.76.